The van der Waals surface area contributed by atoms with E-state index >= 15 is 0 Å². The van der Waals surface area contributed by atoms with Gasteiger partial charge in [-0.3, -0.25) is 0 Å². The molecule has 0 aliphatic carbocycles. The number of benzene rings is 14. The summed E-state index contributed by atoms with van der Waals surface area (Å²) in [6.45, 7) is 0. The smallest absolute Gasteiger partial charge is 0.0620 e. The minimum atomic E-state index is 1.05. The van der Waals surface area contributed by atoms with Crippen molar-refractivity contribution in [2.24, 2.45) is 0 Å². The maximum atomic E-state index is 2.57. The van der Waals surface area contributed by atoms with E-state index in [4.69, 9.17) is 0 Å². The standard InChI is InChI=1S/C78H52N4/c1-6-22-53(23-7-1)57-40-45-68-71(49-57)77(79(59-28-10-3-11-29-59)62-41-38-55-26-16-17-27-56(55)48-62)67-44-39-58(54-24-8-2-9-25-54)50-72(67)78(68)80(63-42-46-75-69(51-63)65-34-18-20-36-73(65)81(75)60-30-12-4-13-31-60)64-43-47-76-70(52-64)66-35-19-21-37-74(66)82(76)61-32-14-5-15-33-61/h1-52H. The maximum absolute atomic E-state index is 2.57. The van der Waals surface area contributed by atoms with Gasteiger partial charge in [-0.2, -0.15) is 0 Å². The zero-order valence-electron chi connectivity index (χ0n) is 44.8. The van der Waals surface area contributed by atoms with Crippen molar-refractivity contribution in [3.8, 4) is 33.6 Å². The Morgan fingerprint density at radius 1 is 0.195 bits per heavy atom. The second kappa shape index (κ2) is 19.5. The van der Waals surface area contributed by atoms with Crippen molar-refractivity contribution < 1.29 is 0 Å². The molecular formula is C78H52N4. The molecule has 2 aromatic heterocycles. The molecule has 82 heavy (non-hydrogen) atoms. The molecule has 0 radical (unpaired) electrons. The number of fused-ring (bicyclic) bond motifs is 9. The highest BCUT2D eigenvalue weighted by Gasteiger charge is 2.28. The van der Waals surface area contributed by atoms with Crippen molar-refractivity contribution >= 4 is 110 Å². The van der Waals surface area contributed by atoms with Crippen LogP contribution in [0.5, 0.6) is 0 Å². The molecule has 0 N–H and O–H groups in total. The first-order valence-electron chi connectivity index (χ1n) is 28.2. The van der Waals surface area contributed by atoms with E-state index in [2.05, 4.69) is 334 Å². The van der Waals surface area contributed by atoms with Crippen molar-refractivity contribution in [1.82, 2.24) is 9.13 Å². The molecule has 4 nitrogen and oxygen atoms in total. The van der Waals surface area contributed by atoms with E-state index in [1.54, 1.807) is 0 Å². The number of anilines is 6. The summed E-state index contributed by atoms with van der Waals surface area (Å²) in [6, 6.07) is 116. The number of hydrogen-bond donors (Lipinski definition) is 0. The molecule has 0 atom stereocenters. The molecule has 16 aromatic rings. The summed E-state index contributed by atoms with van der Waals surface area (Å²) < 4.78 is 4.82. The monoisotopic (exact) mass is 1040 g/mol. The molecule has 2 heterocycles. The van der Waals surface area contributed by atoms with Crippen LogP contribution < -0.4 is 9.80 Å². The van der Waals surface area contributed by atoms with Gasteiger partial charge in [0.15, 0.2) is 0 Å². The third-order valence-corrected chi connectivity index (χ3v) is 16.6. The van der Waals surface area contributed by atoms with Gasteiger partial charge in [0.2, 0.25) is 0 Å². The van der Waals surface area contributed by atoms with Crippen molar-refractivity contribution in [3.05, 3.63) is 315 Å². The second-order valence-electron chi connectivity index (χ2n) is 21.3. The van der Waals surface area contributed by atoms with Crippen LogP contribution >= 0.6 is 0 Å². The number of para-hydroxylation sites is 5. The molecule has 0 amide bonds. The SMILES string of the molecule is c1ccc(-c2ccc3c(N(c4ccc5c(c4)c4ccccc4n5-c4ccccc4)c4ccc5c(c4)c4ccccc4n5-c4ccccc4)c4cc(-c5ccccc5)ccc4c(N(c4ccccc4)c4ccc5ccccc5c4)c3c2)cc1. The summed E-state index contributed by atoms with van der Waals surface area (Å²) in [5, 5.41) is 11.6. The lowest BCUT2D eigenvalue weighted by Gasteiger charge is -2.33. The molecule has 0 aliphatic rings. The van der Waals surface area contributed by atoms with Gasteiger partial charge in [-0.15, -0.1) is 0 Å². The largest absolute Gasteiger partial charge is 0.309 e. The number of aromatic nitrogens is 2. The van der Waals surface area contributed by atoms with E-state index in [0.717, 1.165) is 100 Å². The highest BCUT2D eigenvalue weighted by Crippen LogP contribution is 2.54. The number of rotatable bonds is 10. The summed E-state index contributed by atoms with van der Waals surface area (Å²) in [7, 11) is 0. The average Bonchev–Trinajstić information content (AvgIpc) is 4.20. The first kappa shape index (κ1) is 47.1. The Morgan fingerprint density at radius 3 is 1.07 bits per heavy atom. The highest BCUT2D eigenvalue weighted by atomic mass is 15.2. The van der Waals surface area contributed by atoms with Gasteiger partial charge in [-0.05, 0) is 142 Å². The molecule has 0 bridgehead atoms. The fourth-order valence-corrected chi connectivity index (χ4v) is 12.9. The zero-order chi connectivity index (χ0) is 54.1. The summed E-state index contributed by atoms with van der Waals surface area (Å²) >= 11 is 0. The summed E-state index contributed by atoms with van der Waals surface area (Å²) in [5.74, 6) is 0. The van der Waals surface area contributed by atoms with Crippen LogP contribution in [0, 0.1) is 0 Å². The van der Waals surface area contributed by atoms with Crippen LogP contribution in [0.2, 0.25) is 0 Å². The molecule has 384 valence electrons. The molecule has 16 rings (SSSR count). The van der Waals surface area contributed by atoms with E-state index in [1.807, 2.05) is 0 Å². The molecule has 0 aliphatic heterocycles. The summed E-state index contributed by atoms with van der Waals surface area (Å²) in [6.07, 6.45) is 0. The van der Waals surface area contributed by atoms with Gasteiger partial charge >= 0.3 is 0 Å². The Bertz CT molecular complexity index is 4930. The van der Waals surface area contributed by atoms with Crippen molar-refractivity contribution in [2.75, 3.05) is 9.80 Å². The lowest BCUT2D eigenvalue weighted by molar-refractivity contribution is 1.18. The fourth-order valence-electron chi connectivity index (χ4n) is 12.9. The first-order chi connectivity index (χ1) is 40.7. The molecule has 0 unspecified atom stereocenters. The van der Waals surface area contributed by atoms with Gasteiger partial charge in [-0.25, -0.2) is 0 Å². The van der Waals surface area contributed by atoms with Crippen LogP contribution in [0.1, 0.15) is 0 Å². The Kier molecular flexibility index (Phi) is 11.2. The van der Waals surface area contributed by atoms with Crippen LogP contribution in [0.3, 0.4) is 0 Å². The van der Waals surface area contributed by atoms with Crippen LogP contribution in [0.15, 0.2) is 315 Å². The predicted molar refractivity (Wildman–Crippen MR) is 348 cm³/mol. The van der Waals surface area contributed by atoms with Gasteiger partial charge < -0.3 is 18.9 Å². The maximum Gasteiger partial charge on any atom is 0.0620 e. The quantitative estimate of drug-likeness (QED) is 0.100. The van der Waals surface area contributed by atoms with E-state index < -0.39 is 0 Å². The molecule has 4 heteroatoms. The highest BCUT2D eigenvalue weighted by molar-refractivity contribution is 6.25. The predicted octanol–water partition coefficient (Wildman–Crippen LogP) is 21.6. The number of nitrogens with zero attached hydrogens (tertiary/aromatic N) is 4. The van der Waals surface area contributed by atoms with Crippen molar-refractivity contribution in [3.63, 3.8) is 0 Å². The Labute approximate surface area is 475 Å². The average molecular weight is 1050 g/mol. The van der Waals surface area contributed by atoms with E-state index in [-0.39, 0.29) is 0 Å². The molecule has 14 aromatic carbocycles. The minimum absolute atomic E-state index is 1.05. The lowest BCUT2D eigenvalue weighted by Crippen LogP contribution is -2.15. The van der Waals surface area contributed by atoms with E-state index in [0.29, 0.717) is 0 Å². The summed E-state index contributed by atoms with van der Waals surface area (Å²) in [4.78, 5) is 5.06. The Hall–Kier alpha value is -10.9. The van der Waals surface area contributed by atoms with Crippen molar-refractivity contribution in [2.45, 2.75) is 0 Å². The van der Waals surface area contributed by atoms with Gasteiger partial charge in [0.1, 0.15) is 0 Å². The van der Waals surface area contributed by atoms with Gasteiger partial charge in [0.05, 0.1) is 33.4 Å². The molecule has 0 saturated carbocycles. The van der Waals surface area contributed by atoms with Crippen LogP contribution in [-0.4, -0.2) is 9.13 Å². The van der Waals surface area contributed by atoms with Crippen LogP contribution in [-0.2, 0) is 0 Å². The molecule has 0 fully saturated rings. The summed E-state index contributed by atoms with van der Waals surface area (Å²) in [5.41, 5.74) is 17.9. The van der Waals surface area contributed by atoms with Gasteiger partial charge in [0.25, 0.3) is 0 Å². The molecule has 0 saturated heterocycles. The van der Waals surface area contributed by atoms with Gasteiger partial charge in [0, 0.05) is 77.2 Å². The minimum Gasteiger partial charge on any atom is -0.309 e. The Balaban J connectivity index is 1.07. The normalized spacial score (nSPS) is 11.7. The molecule has 0 spiro atoms. The fraction of sp³-hybridized carbons (Fsp3) is 0. The third kappa shape index (κ3) is 7.76. The topological polar surface area (TPSA) is 16.3 Å². The van der Waals surface area contributed by atoms with Crippen LogP contribution in [0.25, 0.3) is 110 Å². The van der Waals surface area contributed by atoms with Gasteiger partial charge in [-0.1, -0.05) is 206 Å². The lowest BCUT2D eigenvalue weighted by atomic mass is 9.91. The Morgan fingerprint density at radius 2 is 0.573 bits per heavy atom. The zero-order valence-corrected chi connectivity index (χ0v) is 44.8. The first-order valence-corrected chi connectivity index (χ1v) is 28.2. The second-order valence-corrected chi connectivity index (χ2v) is 21.3. The van der Waals surface area contributed by atoms with E-state index in [9.17, 15) is 0 Å². The number of hydrogen-bond acceptors (Lipinski definition) is 2. The van der Waals surface area contributed by atoms with Crippen molar-refractivity contribution in [1.29, 1.82) is 0 Å². The van der Waals surface area contributed by atoms with Crippen LogP contribution in [0.4, 0.5) is 34.1 Å². The third-order valence-electron chi connectivity index (χ3n) is 16.6. The van der Waals surface area contributed by atoms with E-state index in [1.165, 1.54) is 43.4 Å². The molecular weight excluding hydrogens is 993 g/mol.